The van der Waals surface area contributed by atoms with E-state index in [0.717, 1.165) is 17.0 Å². The topological polar surface area (TPSA) is 152 Å². The average molecular weight is 553 g/mol. The molecule has 1 aliphatic heterocycles. The Hall–Kier alpha value is -3.71. The molecule has 2 aromatic carbocycles. The predicted molar refractivity (Wildman–Crippen MR) is 130 cm³/mol. The van der Waals surface area contributed by atoms with Crippen LogP contribution < -0.4 is 16.0 Å². The molecule has 0 saturated carbocycles. The lowest BCUT2D eigenvalue weighted by molar-refractivity contribution is -0.120. The van der Waals surface area contributed by atoms with E-state index in [4.69, 9.17) is 20.8 Å². The van der Waals surface area contributed by atoms with Gasteiger partial charge in [0.15, 0.2) is 9.84 Å². The zero-order valence-corrected chi connectivity index (χ0v) is 21.4. The van der Waals surface area contributed by atoms with Crippen molar-refractivity contribution < 1.29 is 31.6 Å². The van der Waals surface area contributed by atoms with Gasteiger partial charge in [0.25, 0.3) is 11.8 Å². The number of alkyl carbamates (subject to hydrolysis) is 1. The number of sulfone groups is 1. The molecule has 0 fully saturated rings. The molecule has 0 aliphatic carbocycles. The Morgan fingerprint density at radius 2 is 1.95 bits per heavy atom. The van der Waals surface area contributed by atoms with Gasteiger partial charge >= 0.3 is 11.8 Å². The van der Waals surface area contributed by atoms with Crippen molar-refractivity contribution in [3.8, 4) is 11.5 Å². The molecule has 1 aromatic heterocycles. The van der Waals surface area contributed by atoms with Crippen molar-refractivity contribution in [3.05, 3.63) is 63.4 Å². The maximum Gasteiger partial charge on any atom is 0.434 e. The molecule has 2 amide bonds. The summed E-state index contributed by atoms with van der Waals surface area (Å²) in [5.41, 5.74) is -0.875. The van der Waals surface area contributed by atoms with Gasteiger partial charge in [0.05, 0.1) is 28.4 Å². The van der Waals surface area contributed by atoms with Crippen molar-refractivity contribution in [1.29, 1.82) is 0 Å². The number of halogens is 2. The molecule has 3 aromatic rings. The van der Waals surface area contributed by atoms with E-state index in [-0.39, 0.29) is 17.8 Å². The number of amides is 2. The first kappa shape index (κ1) is 26.4. The summed E-state index contributed by atoms with van der Waals surface area (Å²) in [5.74, 6) is -4.06. The molecule has 0 radical (unpaired) electrons. The molecular formula is C23H22ClFN4O7S. The third-order valence-corrected chi connectivity index (χ3v) is 7.26. The molecule has 196 valence electrons. The number of aromatic amines is 1. The number of nitrogens with one attached hydrogen (secondary N) is 2. The summed E-state index contributed by atoms with van der Waals surface area (Å²) in [4.78, 5) is 38.2. The van der Waals surface area contributed by atoms with Gasteiger partial charge in [-0.3, -0.25) is 4.79 Å². The molecule has 11 nitrogen and oxygen atoms in total. The Morgan fingerprint density at radius 1 is 1.27 bits per heavy atom. The van der Waals surface area contributed by atoms with Crippen molar-refractivity contribution in [2.45, 2.75) is 43.9 Å². The lowest BCUT2D eigenvalue weighted by Gasteiger charge is -2.27. The molecule has 2 heterocycles. The van der Waals surface area contributed by atoms with Crippen LogP contribution in [0.5, 0.6) is 0 Å². The number of nitrogens with zero attached hydrogens (tertiary/aromatic N) is 2. The van der Waals surface area contributed by atoms with Crippen LogP contribution in [0.2, 0.25) is 5.02 Å². The normalized spacial score (nSPS) is 17.2. The van der Waals surface area contributed by atoms with Crippen molar-refractivity contribution in [1.82, 2.24) is 15.5 Å². The molecule has 0 bridgehead atoms. The Labute approximate surface area is 215 Å². The van der Waals surface area contributed by atoms with Gasteiger partial charge in [0.1, 0.15) is 17.5 Å². The van der Waals surface area contributed by atoms with E-state index in [1.54, 1.807) is 45.0 Å². The zero-order valence-electron chi connectivity index (χ0n) is 19.9. The summed E-state index contributed by atoms with van der Waals surface area (Å²) in [5, 5.41) is 8.36. The number of rotatable bonds is 4. The van der Waals surface area contributed by atoms with E-state index in [9.17, 15) is 22.8 Å². The van der Waals surface area contributed by atoms with Crippen LogP contribution in [0.25, 0.3) is 11.5 Å². The minimum absolute atomic E-state index is 0.152. The van der Waals surface area contributed by atoms with Crippen molar-refractivity contribution in [3.63, 3.8) is 0 Å². The predicted octanol–water partition coefficient (Wildman–Crippen LogP) is 3.04. The third kappa shape index (κ3) is 5.83. The summed E-state index contributed by atoms with van der Waals surface area (Å²) in [7, 11) is -4.31. The molecule has 0 spiro atoms. The molecule has 1 aliphatic rings. The van der Waals surface area contributed by atoms with Crippen molar-refractivity contribution >= 4 is 39.1 Å². The minimum atomic E-state index is -4.31. The number of hydrogen-bond donors (Lipinski definition) is 2. The number of carbonyl (C=O) groups excluding carboxylic acids is 2. The number of benzene rings is 2. The van der Waals surface area contributed by atoms with Crippen LogP contribution in [-0.4, -0.2) is 48.0 Å². The van der Waals surface area contributed by atoms with E-state index >= 15 is 4.39 Å². The smallest absolute Gasteiger partial charge is 0.434 e. The van der Waals surface area contributed by atoms with E-state index in [0.29, 0.717) is 10.6 Å². The van der Waals surface area contributed by atoms with Gasteiger partial charge in [0.2, 0.25) is 0 Å². The highest BCUT2D eigenvalue weighted by atomic mass is 35.5. The van der Waals surface area contributed by atoms with Crippen molar-refractivity contribution in [2.24, 2.45) is 0 Å². The van der Waals surface area contributed by atoms with Gasteiger partial charge in [-0.2, -0.15) is 0 Å². The second-order valence-corrected chi connectivity index (χ2v) is 11.7. The lowest BCUT2D eigenvalue weighted by Crippen LogP contribution is -2.51. The molecule has 4 rings (SSSR count). The second kappa shape index (κ2) is 9.63. The maximum atomic E-state index is 15.0. The largest absolute Gasteiger partial charge is 0.444 e. The van der Waals surface area contributed by atoms with Crippen LogP contribution in [-0.2, 0) is 25.9 Å². The van der Waals surface area contributed by atoms with E-state index in [1.165, 1.54) is 0 Å². The molecule has 2 N–H and O–H groups in total. The minimum Gasteiger partial charge on any atom is -0.444 e. The standard InChI is InChI=1S/C23H22ClFN4O7S/c1-23(2,3)36-21(31)26-16-11-37(33,34)18-9-15(25)14(19-27-28-22(32)35-19)8-17(18)29(20(16)30)10-12-4-6-13(24)7-5-12/h4-9,16H,10-11H2,1-3H3,(H,26,31)(H,28,32)/t16-/m0/s1. The van der Waals surface area contributed by atoms with Gasteiger partial charge < -0.3 is 19.4 Å². The molecular weight excluding hydrogens is 531 g/mol. The first-order valence-corrected chi connectivity index (χ1v) is 12.9. The van der Waals surface area contributed by atoms with Crippen LogP contribution in [0.15, 0.2) is 50.5 Å². The average Bonchev–Trinajstić information content (AvgIpc) is 3.19. The van der Waals surface area contributed by atoms with Crippen LogP contribution in [0, 0.1) is 5.82 Å². The van der Waals surface area contributed by atoms with Gasteiger partial charge in [-0.25, -0.2) is 27.5 Å². The Bertz CT molecular complexity index is 1530. The second-order valence-electron chi connectivity index (χ2n) is 9.25. The maximum absolute atomic E-state index is 15.0. The molecule has 14 heteroatoms. The summed E-state index contributed by atoms with van der Waals surface area (Å²) in [6.07, 6.45) is -0.997. The summed E-state index contributed by atoms with van der Waals surface area (Å²) in [6.45, 7) is 4.68. The number of H-pyrrole nitrogens is 1. The fourth-order valence-corrected chi connectivity index (χ4v) is 5.43. The van der Waals surface area contributed by atoms with Gasteiger partial charge in [-0.15, -0.1) is 5.10 Å². The SMILES string of the molecule is CC(C)(C)OC(=O)N[C@H]1CS(=O)(=O)c2cc(F)c(-c3n[nH]c(=O)o3)cc2N(Cc2ccc(Cl)cc2)C1=O. The van der Waals surface area contributed by atoms with Crippen molar-refractivity contribution in [2.75, 3.05) is 10.7 Å². The van der Waals surface area contributed by atoms with Gasteiger partial charge in [-0.1, -0.05) is 23.7 Å². The number of ether oxygens (including phenoxy) is 1. The highest BCUT2D eigenvalue weighted by Crippen LogP contribution is 2.37. The van der Waals surface area contributed by atoms with Crippen LogP contribution in [0.4, 0.5) is 14.9 Å². The Kier molecular flexibility index (Phi) is 6.86. The fourth-order valence-electron chi connectivity index (χ4n) is 3.69. The number of hydrogen-bond acceptors (Lipinski definition) is 8. The molecule has 37 heavy (non-hydrogen) atoms. The quantitative estimate of drug-likeness (QED) is 0.501. The van der Waals surface area contributed by atoms with Crippen LogP contribution in [0.3, 0.4) is 0 Å². The molecule has 1 atom stereocenters. The third-order valence-electron chi connectivity index (χ3n) is 5.24. The first-order chi connectivity index (χ1) is 17.2. The van der Waals surface area contributed by atoms with E-state index < -0.39 is 61.6 Å². The van der Waals surface area contributed by atoms with Gasteiger partial charge in [0, 0.05) is 5.02 Å². The summed E-state index contributed by atoms with van der Waals surface area (Å²) >= 11 is 5.96. The zero-order chi connectivity index (χ0) is 27.1. The number of fused-ring (bicyclic) bond motifs is 1. The highest BCUT2D eigenvalue weighted by Gasteiger charge is 2.40. The monoisotopic (exact) mass is 552 g/mol. The van der Waals surface area contributed by atoms with Crippen LogP contribution >= 0.6 is 11.6 Å². The highest BCUT2D eigenvalue weighted by molar-refractivity contribution is 7.91. The van der Waals surface area contributed by atoms with Crippen LogP contribution in [0.1, 0.15) is 26.3 Å². The summed E-state index contributed by atoms with van der Waals surface area (Å²) < 4.78 is 51.7. The molecule has 0 unspecified atom stereocenters. The Morgan fingerprint density at radius 3 is 2.54 bits per heavy atom. The first-order valence-electron chi connectivity index (χ1n) is 10.9. The Balaban J connectivity index is 1.85. The number of aromatic nitrogens is 2. The van der Waals surface area contributed by atoms with E-state index in [2.05, 4.69) is 10.4 Å². The fraction of sp³-hybridized carbons (Fsp3) is 0.304. The number of carbonyl (C=O) groups is 2. The lowest BCUT2D eigenvalue weighted by atomic mass is 10.1. The molecule has 0 saturated heterocycles. The summed E-state index contributed by atoms with van der Waals surface area (Å²) in [6, 6.07) is 6.67. The van der Waals surface area contributed by atoms with E-state index in [1.807, 2.05) is 5.10 Å². The van der Waals surface area contributed by atoms with Gasteiger partial charge in [-0.05, 0) is 50.6 Å². The number of anilines is 1.